The van der Waals surface area contributed by atoms with Gasteiger partial charge in [0.1, 0.15) is 23.6 Å². The molecule has 11 heteroatoms. The Hall–Kier alpha value is -3.67. The lowest BCUT2D eigenvalue weighted by Crippen LogP contribution is -2.57. The van der Waals surface area contributed by atoms with Gasteiger partial charge in [-0.3, -0.25) is 14.4 Å². The van der Waals surface area contributed by atoms with Crippen LogP contribution >= 0.6 is 0 Å². The van der Waals surface area contributed by atoms with E-state index in [4.69, 9.17) is 17.2 Å². The molecule has 11 nitrogen and oxygen atoms in total. The van der Waals surface area contributed by atoms with Crippen molar-refractivity contribution in [3.8, 4) is 22.6 Å². The standard InChI is InChI=1S/C28H40N6O5/c1-28(2,14-30)15-32-26(38)22-13-19-11-17(6-8-24(19)36)16-5-7-23(35)18(10-16)12-20(31)25(37)33-21(4-3-9-29)27(39)34-22/h5-8,10-11,20-22,35-36H,3-4,9,12-15,29-31H2,1-2H3,(H,32,38)(H,33,37)(H,34,39)/t20-,21-,22-/m0/s1. The van der Waals surface area contributed by atoms with Crippen LogP contribution in [0, 0.1) is 5.41 Å². The molecule has 0 radical (unpaired) electrons. The molecule has 3 amide bonds. The molecule has 0 saturated heterocycles. The molecule has 2 aromatic carbocycles. The predicted octanol–water partition coefficient (Wildman–Crippen LogP) is 0.000300. The number of phenolic OH excluding ortho intramolecular Hbond substituents is 2. The summed E-state index contributed by atoms with van der Waals surface area (Å²) < 4.78 is 0. The van der Waals surface area contributed by atoms with E-state index in [2.05, 4.69) is 16.0 Å². The van der Waals surface area contributed by atoms with Crippen molar-refractivity contribution in [2.45, 2.75) is 57.7 Å². The lowest BCUT2D eigenvalue weighted by atomic mass is 9.93. The van der Waals surface area contributed by atoms with Gasteiger partial charge in [-0.15, -0.1) is 0 Å². The zero-order valence-corrected chi connectivity index (χ0v) is 22.5. The maximum absolute atomic E-state index is 13.4. The molecule has 0 unspecified atom stereocenters. The Morgan fingerprint density at radius 2 is 1.56 bits per heavy atom. The number of fused-ring (bicyclic) bond motifs is 5. The molecule has 3 atom stereocenters. The third-order valence-electron chi connectivity index (χ3n) is 6.95. The van der Waals surface area contributed by atoms with Crippen molar-refractivity contribution in [3.63, 3.8) is 0 Å². The van der Waals surface area contributed by atoms with Gasteiger partial charge in [0.2, 0.25) is 17.7 Å². The van der Waals surface area contributed by atoms with Crippen LogP contribution in [0.4, 0.5) is 0 Å². The summed E-state index contributed by atoms with van der Waals surface area (Å²) in [5.41, 5.74) is 19.6. The summed E-state index contributed by atoms with van der Waals surface area (Å²) in [6.07, 6.45) is 0.698. The molecule has 0 spiro atoms. The van der Waals surface area contributed by atoms with E-state index in [-0.39, 0.29) is 42.7 Å². The highest BCUT2D eigenvalue weighted by Gasteiger charge is 2.30. The number of nitrogens with two attached hydrogens (primary N) is 3. The Labute approximate surface area is 228 Å². The smallest absolute Gasteiger partial charge is 0.243 e. The van der Waals surface area contributed by atoms with Gasteiger partial charge >= 0.3 is 0 Å². The average molecular weight is 541 g/mol. The first kappa shape index (κ1) is 29.9. The van der Waals surface area contributed by atoms with Gasteiger partial charge in [0.25, 0.3) is 0 Å². The van der Waals surface area contributed by atoms with Crippen LogP contribution in [0.25, 0.3) is 11.1 Å². The molecule has 1 aliphatic rings. The molecular formula is C28H40N6O5. The van der Waals surface area contributed by atoms with Crippen molar-refractivity contribution in [2.75, 3.05) is 19.6 Å². The van der Waals surface area contributed by atoms with Crippen molar-refractivity contribution < 1.29 is 24.6 Å². The lowest BCUT2D eigenvalue weighted by molar-refractivity contribution is -0.132. The first-order valence-corrected chi connectivity index (χ1v) is 13.1. The van der Waals surface area contributed by atoms with Gasteiger partial charge < -0.3 is 43.4 Å². The Morgan fingerprint density at radius 3 is 2.13 bits per heavy atom. The van der Waals surface area contributed by atoms with Crippen LogP contribution in [0.1, 0.15) is 37.8 Å². The number of carbonyl (C=O) groups is 3. The summed E-state index contributed by atoms with van der Waals surface area (Å²) in [6.45, 7) is 4.73. The molecule has 4 bridgehead atoms. The van der Waals surface area contributed by atoms with Gasteiger partial charge in [0.05, 0.1) is 6.04 Å². The van der Waals surface area contributed by atoms with Crippen LogP contribution < -0.4 is 33.2 Å². The number of hydrogen-bond donors (Lipinski definition) is 8. The monoisotopic (exact) mass is 540 g/mol. The number of benzene rings is 2. The van der Waals surface area contributed by atoms with Gasteiger partial charge in [-0.2, -0.15) is 0 Å². The Balaban J connectivity index is 2.06. The van der Waals surface area contributed by atoms with Gasteiger partial charge in [0.15, 0.2) is 0 Å². The average Bonchev–Trinajstić information content (AvgIpc) is 2.91. The molecule has 39 heavy (non-hydrogen) atoms. The minimum atomic E-state index is -1.06. The second-order valence-electron chi connectivity index (χ2n) is 10.8. The highest BCUT2D eigenvalue weighted by molar-refractivity contribution is 5.93. The van der Waals surface area contributed by atoms with Gasteiger partial charge in [-0.05, 0) is 77.9 Å². The quantitative estimate of drug-likeness (QED) is 0.239. The first-order valence-electron chi connectivity index (χ1n) is 13.1. The van der Waals surface area contributed by atoms with Crippen molar-refractivity contribution >= 4 is 17.7 Å². The van der Waals surface area contributed by atoms with E-state index in [1.54, 1.807) is 24.3 Å². The molecule has 0 aromatic heterocycles. The fourth-order valence-corrected chi connectivity index (χ4v) is 4.28. The fourth-order valence-electron chi connectivity index (χ4n) is 4.28. The molecule has 2 aromatic rings. The fraction of sp³-hybridized carbons (Fsp3) is 0.464. The summed E-state index contributed by atoms with van der Waals surface area (Å²) in [4.78, 5) is 39.7. The number of amides is 3. The third-order valence-corrected chi connectivity index (χ3v) is 6.95. The number of phenols is 2. The number of rotatable bonds is 7. The molecule has 11 N–H and O–H groups in total. The Morgan fingerprint density at radius 1 is 0.974 bits per heavy atom. The van der Waals surface area contributed by atoms with Crippen molar-refractivity contribution in [1.29, 1.82) is 0 Å². The predicted molar refractivity (Wildman–Crippen MR) is 149 cm³/mol. The van der Waals surface area contributed by atoms with Crippen LogP contribution in [-0.4, -0.2) is 65.7 Å². The molecule has 1 aliphatic heterocycles. The SMILES string of the molecule is CC(C)(CN)CNC(=O)[C@@H]1Cc2cc(ccc2O)-c2ccc(O)c(c2)C[C@H](N)C(=O)N[C@@H](CCCN)C(=O)N1. The molecule has 0 aliphatic carbocycles. The van der Waals surface area contributed by atoms with Crippen molar-refractivity contribution in [2.24, 2.45) is 22.6 Å². The number of hydrogen-bond acceptors (Lipinski definition) is 8. The molecule has 3 rings (SSSR count). The summed E-state index contributed by atoms with van der Waals surface area (Å²) in [6, 6.07) is 6.82. The van der Waals surface area contributed by atoms with Crippen molar-refractivity contribution in [3.05, 3.63) is 47.5 Å². The molecule has 212 valence electrons. The van der Waals surface area contributed by atoms with Crippen molar-refractivity contribution in [1.82, 2.24) is 16.0 Å². The summed E-state index contributed by atoms with van der Waals surface area (Å²) >= 11 is 0. The number of aromatic hydroxyl groups is 2. The molecular weight excluding hydrogens is 500 g/mol. The highest BCUT2D eigenvalue weighted by atomic mass is 16.3. The van der Waals surface area contributed by atoms with E-state index >= 15 is 0 Å². The molecule has 0 saturated carbocycles. The van der Waals surface area contributed by atoms with Crippen LogP contribution in [0.5, 0.6) is 11.5 Å². The first-order chi connectivity index (χ1) is 18.4. The van der Waals surface area contributed by atoms with E-state index in [0.29, 0.717) is 36.2 Å². The van der Waals surface area contributed by atoms with Gasteiger partial charge in [-0.25, -0.2) is 0 Å². The van der Waals surface area contributed by atoms with E-state index < -0.39 is 35.8 Å². The van der Waals surface area contributed by atoms with Crippen LogP contribution in [0.3, 0.4) is 0 Å². The zero-order valence-electron chi connectivity index (χ0n) is 22.5. The highest BCUT2D eigenvalue weighted by Crippen LogP contribution is 2.31. The Kier molecular flexibility index (Phi) is 9.90. The maximum atomic E-state index is 13.4. The second kappa shape index (κ2) is 12.9. The normalized spacial score (nSPS) is 20.3. The van der Waals surface area contributed by atoms with Crippen LogP contribution in [-0.2, 0) is 27.2 Å². The number of carbonyl (C=O) groups excluding carboxylic acids is 3. The molecule has 0 fully saturated rings. The van der Waals surface area contributed by atoms with E-state index in [1.165, 1.54) is 12.1 Å². The maximum Gasteiger partial charge on any atom is 0.243 e. The van der Waals surface area contributed by atoms with Gasteiger partial charge in [-0.1, -0.05) is 26.0 Å². The third kappa shape index (κ3) is 7.92. The van der Waals surface area contributed by atoms with Gasteiger partial charge in [0, 0.05) is 19.4 Å². The topological polar surface area (TPSA) is 206 Å². The summed E-state index contributed by atoms with van der Waals surface area (Å²) in [5.74, 6) is -1.65. The lowest BCUT2D eigenvalue weighted by Gasteiger charge is -2.27. The molecule has 1 heterocycles. The van der Waals surface area contributed by atoms with Crippen LogP contribution in [0.2, 0.25) is 0 Å². The largest absolute Gasteiger partial charge is 0.508 e. The summed E-state index contributed by atoms with van der Waals surface area (Å²) in [7, 11) is 0. The Bertz CT molecular complexity index is 1200. The minimum absolute atomic E-state index is 0.0116. The zero-order chi connectivity index (χ0) is 28.7. The summed E-state index contributed by atoms with van der Waals surface area (Å²) in [5, 5.41) is 29.4. The second-order valence-corrected chi connectivity index (χ2v) is 10.8. The van der Waals surface area contributed by atoms with E-state index in [1.807, 2.05) is 13.8 Å². The van der Waals surface area contributed by atoms with E-state index in [9.17, 15) is 24.6 Å². The van der Waals surface area contributed by atoms with Crippen LogP contribution in [0.15, 0.2) is 36.4 Å². The van der Waals surface area contributed by atoms with E-state index in [0.717, 1.165) is 5.56 Å². The number of nitrogens with one attached hydrogen (secondary N) is 3. The minimum Gasteiger partial charge on any atom is -0.508 e.